The maximum absolute atomic E-state index is 12.8. The Bertz CT molecular complexity index is 1130. The Morgan fingerprint density at radius 2 is 1.27 bits per heavy atom. The molecule has 2 aromatic carbocycles. The summed E-state index contributed by atoms with van der Waals surface area (Å²) in [7, 11) is -3.49. The fraction of sp³-hybridized carbons (Fsp3) is 0. The van der Waals surface area contributed by atoms with E-state index in [0.29, 0.717) is 22.2 Å². The molecule has 0 aliphatic heterocycles. The van der Waals surface area contributed by atoms with Gasteiger partial charge in [0.15, 0.2) is 0 Å². The first-order valence-corrected chi connectivity index (χ1v) is 10.1. The van der Waals surface area contributed by atoms with Gasteiger partial charge in [0.2, 0.25) is 5.16 Å². The van der Waals surface area contributed by atoms with Crippen molar-refractivity contribution in [1.29, 1.82) is 0 Å². The largest absolute Gasteiger partial charge is 0.283 e. The van der Waals surface area contributed by atoms with Crippen LogP contribution in [0.5, 0.6) is 0 Å². The summed E-state index contributed by atoms with van der Waals surface area (Å²) in [5, 5.41) is 21.9. The van der Waals surface area contributed by atoms with Gasteiger partial charge in [0.05, 0.1) is 22.2 Å². The molecule has 130 valence electrons. The molecule has 0 fully saturated rings. The van der Waals surface area contributed by atoms with Crippen molar-refractivity contribution in [2.45, 2.75) is 10.3 Å². The third kappa shape index (κ3) is 3.07. The SMILES string of the molecule is O=S(=O)(Sc1nnnn1-c1ccccc1)c1nnnn1-c1ccccc1. The first kappa shape index (κ1) is 16.4. The van der Waals surface area contributed by atoms with Crippen LogP contribution in [0.1, 0.15) is 0 Å². The van der Waals surface area contributed by atoms with Crippen LogP contribution < -0.4 is 0 Å². The van der Waals surface area contributed by atoms with Crippen LogP contribution >= 0.6 is 10.8 Å². The van der Waals surface area contributed by atoms with E-state index in [9.17, 15) is 8.42 Å². The van der Waals surface area contributed by atoms with E-state index in [1.807, 2.05) is 12.1 Å². The monoisotopic (exact) mass is 386 g/mol. The van der Waals surface area contributed by atoms with E-state index in [-0.39, 0.29) is 10.3 Å². The first-order valence-electron chi connectivity index (χ1n) is 7.27. The van der Waals surface area contributed by atoms with E-state index in [0.717, 1.165) is 4.68 Å². The van der Waals surface area contributed by atoms with Gasteiger partial charge in [-0.05, 0) is 45.1 Å². The van der Waals surface area contributed by atoms with E-state index in [4.69, 9.17) is 0 Å². The van der Waals surface area contributed by atoms with Crippen molar-refractivity contribution in [3.05, 3.63) is 60.7 Å². The standard InChI is InChI=1S/C14H10N8O2S2/c23-26(24,14-16-18-20-22(14)12-9-5-2-6-10-12)25-13-15-17-19-21(13)11-7-3-1-4-8-11/h1-10H. The molecular formula is C14H10N8O2S2. The zero-order valence-electron chi connectivity index (χ0n) is 13.0. The summed E-state index contributed by atoms with van der Waals surface area (Å²) < 4.78 is 28.1. The zero-order valence-corrected chi connectivity index (χ0v) is 14.6. The Kier molecular flexibility index (Phi) is 4.18. The van der Waals surface area contributed by atoms with Crippen LogP contribution in [0.25, 0.3) is 11.4 Å². The summed E-state index contributed by atoms with van der Waals surface area (Å²) in [6.45, 7) is 0. The first-order chi connectivity index (χ1) is 12.6. The van der Waals surface area contributed by atoms with Gasteiger partial charge in [-0.15, -0.1) is 5.10 Å². The van der Waals surface area contributed by atoms with Gasteiger partial charge in [-0.25, -0.2) is 8.42 Å². The number of benzene rings is 2. The summed E-state index contributed by atoms with van der Waals surface area (Å²) in [6.07, 6.45) is 0. The predicted molar refractivity (Wildman–Crippen MR) is 91.4 cm³/mol. The molecule has 0 unspecified atom stereocenters. The Hall–Kier alpha value is -3.12. The van der Waals surface area contributed by atoms with Gasteiger partial charge >= 0.3 is 0 Å². The highest BCUT2D eigenvalue weighted by Crippen LogP contribution is 2.29. The van der Waals surface area contributed by atoms with Crippen LogP contribution in [-0.2, 0) is 8.87 Å². The summed E-state index contributed by atoms with van der Waals surface area (Å²) in [6, 6.07) is 17.7. The summed E-state index contributed by atoms with van der Waals surface area (Å²) in [5.74, 6) is 0. The van der Waals surface area contributed by atoms with Crippen molar-refractivity contribution in [2.24, 2.45) is 0 Å². The van der Waals surface area contributed by atoms with E-state index in [1.165, 1.54) is 4.68 Å². The second-order valence-corrected chi connectivity index (χ2v) is 8.58. The molecule has 0 bridgehead atoms. The van der Waals surface area contributed by atoms with Gasteiger partial charge in [0, 0.05) is 0 Å². The molecule has 0 aliphatic rings. The third-order valence-corrected chi connectivity index (χ3v) is 6.17. The lowest BCUT2D eigenvalue weighted by molar-refractivity contribution is 0.595. The average Bonchev–Trinajstić information content (AvgIpc) is 3.32. The van der Waals surface area contributed by atoms with Gasteiger partial charge < -0.3 is 0 Å². The Labute approximate surface area is 151 Å². The number of para-hydroxylation sites is 2. The maximum atomic E-state index is 12.8. The minimum absolute atomic E-state index is 0.0822. The van der Waals surface area contributed by atoms with E-state index in [2.05, 4.69) is 31.1 Å². The fourth-order valence-electron chi connectivity index (χ4n) is 2.16. The molecule has 0 N–H and O–H groups in total. The van der Waals surface area contributed by atoms with Gasteiger partial charge in [-0.1, -0.05) is 41.5 Å². The van der Waals surface area contributed by atoms with Crippen LogP contribution in [0.15, 0.2) is 71.0 Å². The van der Waals surface area contributed by atoms with Crippen LogP contribution in [0.3, 0.4) is 0 Å². The molecule has 26 heavy (non-hydrogen) atoms. The van der Waals surface area contributed by atoms with E-state index >= 15 is 0 Å². The molecule has 2 heterocycles. The minimum Gasteiger partial charge on any atom is -0.208 e. The van der Waals surface area contributed by atoms with E-state index < -0.39 is 8.87 Å². The third-order valence-electron chi connectivity index (χ3n) is 3.29. The van der Waals surface area contributed by atoms with Crippen LogP contribution in [0.2, 0.25) is 0 Å². The lowest BCUT2D eigenvalue weighted by Gasteiger charge is -2.05. The lowest BCUT2D eigenvalue weighted by Crippen LogP contribution is -2.09. The van der Waals surface area contributed by atoms with E-state index in [1.54, 1.807) is 48.5 Å². The smallest absolute Gasteiger partial charge is 0.208 e. The van der Waals surface area contributed by atoms with Crippen molar-refractivity contribution in [1.82, 2.24) is 40.4 Å². The molecular weight excluding hydrogens is 376 g/mol. The molecule has 4 rings (SSSR count). The van der Waals surface area contributed by atoms with Crippen molar-refractivity contribution < 1.29 is 8.42 Å². The molecule has 0 radical (unpaired) electrons. The molecule has 0 atom stereocenters. The predicted octanol–water partition coefficient (Wildman–Crippen LogP) is 1.12. The summed E-state index contributed by atoms with van der Waals surface area (Å²) in [4.78, 5) is 0. The number of nitrogens with zero attached hydrogens (tertiary/aromatic N) is 8. The highest BCUT2D eigenvalue weighted by Gasteiger charge is 2.28. The topological polar surface area (TPSA) is 121 Å². The number of hydrogen-bond donors (Lipinski definition) is 0. The Morgan fingerprint density at radius 3 is 1.92 bits per heavy atom. The van der Waals surface area contributed by atoms with Crippen LogP contribution in [0.4, 0.5) is 0 Å². The van der Waals surface area contributed by atoms with Gasteiger partial charge in [-0.3, -0.25) is 0 Å². The second kappa shape index (κ2) is 6.65. The van der Waals surface area contributed by atoms with Gasteiger partial charge in [0.25, 0.3) is 14.0 Å². The number of hydrogen-bond acceptors (Lipinski definition) is 9. The molecule has 2 aromatic heterocycles. The van der Waals surface area contributed by atoms with Crippen LogP contribution in [0, 0.1) is 0 Å². The number of aromatic nitrogens is 8. The number of rotatable bonds is 5. The van der Waals surface area contributed by atoms with Crippen LogP contribution in [-0.4, -0.2) is 48.8 Å². The fourth-order valence-corrected chi connectivity index (χ4v) is 4.64. The Balaban J connectivity index is 1.71. The molecule has 12 heteroatoms. The van der Waals surface area contributed by atoms with Gasteiger partial charge in [0.1, 0.15) is 0 Å². The van der Waals surface area contributed by atoms with Crippen molar-refractivity contribution >= 4 is 19.7 Å². The minimum atomic E-state index is -3.97. The molecule has 0 amide bonds. The average molecular weight is 386 g/mol. The van der Waals surface area contributed by atoms with Crippen molar-refractivity contribution in [3.8, 4) is 11.4 Å². The summed E-state index contributed by atoms with van der Waals surface area (Å²) >= 11 is 0. The highest BCUT2D eigenvalue weighted by atomic mass is 33.1. The second-order valence-electron chi connectivity index (χ2n) is 4.96. The summed E-state index contributed by atoms with van der Waals surface area (Å²) in [5.41, 5.74) is 1.16. The lowest BCUT2D eigenvalue weighted by atomic mass is 10.3. The normalized spacial score (nSPS) is 11.5. The van der Waals surface area contributed by atoms with Gasteiger partial charge in [-0.2, -0.15) is 9.36 Å². The molecule has 0 saturated heterocycles. The quantitative estimate of drug-likeness (QED) is 0.464. The molecule has 10 nitrogen and oxygen atoms in total. The molecule has 4 aromatic rings. The molecule has 0 spiro atoms. The highest BCUT2D eigenvalue weighted by molar-refractivity contribution is 8.71. The maximum Gasteiger partial charge on any atom is 0.283 e. The Morgan fingerprint density at radius 1 is 0.731 bits per heavy atom. The molecule has 0 saturated carbocycles. The van der Waals surface area contributed by atoms with Crippen molar-refractivity contribution in [2.75, 3.05) is 0 Å². The molecule has 0 aliphatic carbocycles. The zero-order chi connectivity index (χ0) is 18.0. The number of tetrazole rings is 2. The van der Waals surface area contributed by atoms with Crippen molar-refractivity contribution in [3.63, 3.8) is 0 Å².